The molecule has 0 aromatic heterocycles. The lowest BCUT2D eigenvalue weighted by Crippen LogP contribution is -2.68. The third kappa shape index (κ3) is 4.63. The molecule has 1 saturated carbocycles. The smallest absolute Gasteiger partial charge is 0.191 e. The molecule has 1 aliphatic carbocycles. The average molecular weight is 473 g/mol. The second kappa shape index (κ2) is 9.26. The van der Waals surface area contributed by atoms with E-state index in [1.807, 2.05) is 37.3 Å². The zero-order valence-electron chi connectivity index (χ0n) is 16.2. The number of halogens is 1. The van der Waals surface area contributed by atoms with Crippen molar-refractivity contribution in [2.75, 3.05) is 19.7 Å². The van der Waals surface area contributed by atoms with Crippen molar-refractivity contribution < 1.29 is 9.47 Å². The maximum atomic E-state index is 5.92. The van der Waals surface area contributed by atoms with E-state index in [4.69, 9.17) is 14.5 Å². The van der Waals surface area contributed by atoms with Gasteiger partial charge < -0.3 is 20.1 Å². The highest BCUT2D eigenvalue weighted by Crippen LogP contribution is 2.52. The normalized spacial score (nSPS) is 27.5. The Morgan fingerprint density at radius 3 is 2.77 bits per heavy atom. The first-order valence-corrected chi connectivity index (χ1v) is 9.40. The van der Waals surface area contributed by atoms with Gasteiger partial charge in [-0.2, -0.15) is 0 Å². The van der Waals surface area contributed by atoms with Gasteiger partial charge in [-0.3, -0.25) is 0 Å². The van der Waals surface area contributed by atoms with Crippen LogP contribution in [0.4, 0.5) is 0 Å². The third-order valence-corrected chi connectivity index (χ3v) is 5.32. The van der Waals surface area contributed by atoms with Crippen molar-refractivity contribution in [2.45, 2.75) is 52.4 Å². The molecule has 2 fully saturated rings. The first kappa shape index (κ1) is 21.3. The summed E-state index contributed by atoms with van der Waals surface area (Å²) in [6, 6.07) is 10.3. The van der Waals surface area contributed by atoms with E-state index in [1.54, 1.807) is 0 Å². The summed E-state index contributed by atoms with van der Waals surface area (Å²) in [6.07, 6.45) is 1.54. The summed E-state index contributed by atoms with van der Waals surface area (Å²) >= 11 is 0. The second-order valence-corrected chi connectivity index (χ2v) is 7.65. The summed E-state index contributed by atoms with van der Waals surface area (Å²) < 4.78 is 11.8. The van der Waals surface area contributed by atoms with E-state index in [2.05, 4.69) is 31.4 Å². The number of para-hydroxylation sites is 1. The van der Waals surface area contributed by atoms with Gasteiger partial charge in [-0.25, -0.2) is 4.99 Å². The lowest BCUT2D eigenvalue weighted by atomic mass is 9.57. The molecule has 0 spiro atoms. The van der Waals surface area contributed by atoms with Crippen LogP contribution in [-0.4, -0.2) is 43.9 Å². The Kier molecular flexibility index (Phi) is 7.58. The van der Waals surface area contributed by atoms with Crippen LogP contribution in [0.3, 0.4) is 0 Å². The summed E-state index contributed by atoms with van der Waals surface area (Å²) in [7, 11) is 0. The van der Waals surface area contributed by atoms with Gasteiger partial charge in [0, 0.05) is 30.5 Å². The van der Waals surface area contributed by atoms with Gasteiger partial charge in [-0.15, -0.1) is 24.0 Å². The summed E-state index contributed by atoms with van der Waals surface area (Å²) in [5.74, 6) is 2.35. The minimum Gasteiger partial charge on any atom is -0.489 e. The molecule has 1 heterocycles. The molecule has 3 rings (SSSR count). The van der Waals surface area contributed by atoms with Gasteiger partial charge in [0.25, 0.3) is 0 Å². The second-order valence-electron chi connectivity index (χ2n) is 7.65. The highest BCUT2D eigenvalue weighted by molar-refractivity contribution is 14.0. The van der Waals surface area contributed by atoms with Crippen LogP contribution in [0.1, 0.15) is 34.1 Å². The Hall–Kier alpha value is -1.02. The molecule has 2 N–H and O–H groups in total. The monoisotopic (exact) mass is 473 g/mol. The number of benzene rings is 1. The molecule has 5 nitrogen and oxygen atoms in total. The van der Waals surface area contributed by atoms with Crippen molar-refractivity contribution in [2.24, 2.45) is 16.3 Å². The van der Waals surface area contributed by atoms with Crippen molar-refractivity contribution in [3.63, 3.8) is 0 Å². The topological polar surface area (TPSA) is 54.9 Å². The van der Waals surface area contributed by atoms with Gasteiger partial charge in [-0.05, 0) is 32.4 Å². The largest absolute Gasteiger partial charge is 0.489 e. The van der Waals surface area contributed by atoms with Crippen LogP contribution >= 0.6 is 24.0 Å². The number of guanidine groups is 1. The van der Waals surface area contributed by atoms with Crippen molar-refractivity contribution >= 4 is 29.9 Å². The summed E-state index contributed by atoms with van der Waals surface area (Å²) in [6.45, 7) is 11.0. The molecule has 1 aromatic rings. The number of rotatable bonds is 6. The number of hydrogen-bond acceptors (Lipinski definition) is 3. The summed E-state index contributed by atoms with van der Waals surface area (Å²) in [5, 5.41) is 7.00. The van der Waals surface area contributed by atoms with E-state index in [0.717, 1.165) is 31.3 Å². The molecular formula is C20H32IN3O2. The zero-order valence-corrected chi connectivity index (χ0v) is 18.5. The van der Waals surface area contributed by atoms with Crippen LogP contribution in [0.25, 0.3) is 0 Å². The fraction of sp³-hybridized carbons (Fsp3) is 0.650. The zero-order chi connectivity index (χ0) is 17.9. The molecule has 26 heavy (non-hydrogen) atoms. The van der Waals surface area contributed by atoms with Gasteiger partial charge in [0.05, 0.1) is 12.6 Å². The summed E-state index contributed by atoms with van der Waals surface area (Å²) in [5.41, 5.74) is 0.142. The standard InChI is InChI=1S/C20H31N3O2.HI/c1-5-21-19(22-13-14(2)25-15-9-7-6-8-10-15)23-17-16-11-12-24-18(16)20(17,3)4;/h6-10,14,16-18H,5,11-13H2,1-4H3,(H2,21,22,23);1H. The number of aliphatic imine (C=N–C) groups is 1. The van der Waals surface area contributed by atoms with Crippen LogP contribution in [0.15, 0.2) is 35.3 Å². The lowest BCUT2D eigenvalue weighted by Gasteiger charge is -2.54. The highest BCUT2D eigenvalue weighted by Gasteiger charge is 2.59. The van der Waals surface area contributed by atoms with Crippen LogP contribution in [0.2, 0.25) is 0 Å². The predicted molar refractivity (Wildman–Crippen MR) is 116 cm³/mol. The fourth-order valence-electron chi connectivity index (χ4n) is 4.07. The Balaban J connectivity index is 0.00000243. The number of fused-ring (bicyclic) bond motifs is 1. The predicted octanol–water partition coefficient (Wildman–Crippen LogP) is 3.44. The van der Waals surface area contributed by atoms with E-state index in [-0.39, 0.29) is 35.5 Å². The number of ether oxygens (including phenoxy) is 2. The Morgan fingerprint density at radius 2 is 2.08 bits per heavy atom. The number of nitrogens with zero attached hydrogens (tertiary/aromatic N) is 1. The Morgan fingerprint density at radius 1 is 1.35 bits per heavy atom. The van der Waals surface area contributed by atoms with Crippen molar-refractivity contribution in [1.29, 1.82) is 0 Å². The maximum absolute atomic E-state index is 5.92. The molecule has 6 heteroatoms. The third-order valence-electron chi connectivity index (χ3n) is 5.32. The fourth-order valence-corrected chi connectivity index (χ4v) is 4.07. The molecule has 146 valence electrons. The van der Waals surface area contributed by atoms with E-state index in [1.165, 1.54) is 0 Å². The Labute approximate surface area is 174 Å². The molecule has 0 bridgehead atoms. The number of nitrogens with one attached hydrogen (secondary N) is 2. The van der Waals surface area contributed by atoms with E-state index < -0.39 is 0 Å². The first-order chi connectivity index (χ1) is 12.0. The molecule has 0 radical (unpaired) electrons. The molecular weight excluding hydrogens is 441 g/mol. The molecule has 2 aliphatic rings. The minimum absolute atomic E-state index is 0. The molecule has 1 saturated heterocycles. The van der Waals surface area contributed by atoms with Gasteiger partial charge in [0.1, 0.15) is 11.9 Å². The van der Waals surface area contributed by atoms with E-state index in [9.17, 15) is 0 Å². The number of hydrogen-bond donors (Lipinski definition) is 2. The van der Waals surface area contributed by atoms with Gasteiger partial charge in [-0.1, -0.05) is 32.0 Å². The minimum atomic E-state index is 0. The van der Waals surface area contributed by atoms with E-state index >= 15 is 0 Å². The van der Waals surface area contributed by atoms with Crippen molar-refractivity contribution in [3.05, 3.63) is 30.3 Å². The highest BCUT2D eigenvalue weighted by atomic mass is 127. The molecule has 0 amide bonds. The van der Waals surface area contributed by atoms with Crippen LogP contribution in [-0.2, 0) is 4.74 Å². The molecule has 4 atom stereocenters. The van der Waals surface area contributed by atoms with Gasteiger partial charge >= 0.3 is 0 Å². The lowest BCUT2D eigenvalue weighted by molar-refractivity contribution is -0.106. The van der Waals surface area contributed by atoms with Gasteiger partial charge in [0.2, 0.25) is 0 Å². The van der Waals surface area contributed by atoms with Crippen LogP contribution in [0.5, 0.6) is 5.75 Å². The quantitative estimate of drug-likeness (QED) is 0.378. The average Bonchev–Trinajstić information content (AvgIpc) is 3.05. The molecule has 1 aromatic carbocycles. The van der Waals surface area contributed by atoms with Crippen LogP contribution < -0.4 is 15.4 Å². The Bertz CT molecular complexity index is 594. The maximum Gasteiger partial charge on any atom is 0.191 e. The molecule has 1 aliphatic heterocycles. The van der Waals surface area contributed by atoms with Crippen molar-refractivity contribution in [3.8, 4) is 5.75 Å². The van der Waals surface area contributed by atoms with Gasteiger partial charge in [0.15, 0.2) is 5.96 Å². The first-order valence-electron chi connectivity index (χ1n) is 9.40. The van der Waals surface area contributed by atoms with Crippen molar-refractivity contribution in [1.82, 2.24) is 10.6 Å². The van der Waals surface area contributed by atoms with E-state index in [0.29, 0.717) is 24.6 Å². The molecule has 4 unspecified atom stereocenters. The van der Waals surface area contributed by atoms with Crippen LogP contribution in [0, 0.1) is 11.3 Å². The summed E-state index contributed by atoms with van der Waals surface area (Å²) in [4.78, 5) is 4.74. The SMILES string of the molecule is CCNC(=NCC(C)Oc1ccccc1)NC1C2CCOC2C1(C)C.I.